The highest BCUT2D eigenvalue weighted by molar-refractivity contribution is 6.02. The van der Waals surface area contributed by atoms with Gasteiger partial charge < -0.3 is 9.73 Å². The number of benzene rings is 1. The van der Waals surface area contributed by atoms with E-state index in [1.54, 1.807) is 12.3 Å². The van der Waals surface area contributed by atoms with Gasteiger partial charge in [-0.15, -0.1) is 0 Å². The molecule has 0 unspecified atom stereocenters. The number of hydrogen-bond acceptors (Lipinski definition) is 5. The standard InChI is InChI=1S/C19H14N4O4/c1-12-10-13(21-19(24)16-7-8-18(27-16)23(25)26)5-6-14(12)15-11-20-17-4-2-3-9-22(15)17/h2-11H,1H3,(H,21,24). The number of hydrogen-bond donors (Lipinski definition) is 1. The van der Waals surface area contributed by atoms with Crippen LogP contribution in [0.15, 0.2) is 65.3 Å². The van der Waals surface area contributed by atoms with Gasteiger partial charge in [-0.2, -0.15) is 0 Å². The van der Waals surface area contributed by atoms with E-state index in [0.717, 1.165) is 28.5 Å². The number of furan rings is 1. The minimum Gasteiger partial charge on any atom is -0.395 e. The number of pyridine rings is 1. The quantitative estimate of drug-likeness (QED) is 0.435. The van der Waals surface area contributed by atoms with Crippen molar-refractivity contribution in [3.8, 4) is 11.3 Å². The summed E-state index contributed by atoms with van der Waals surface area (Å²) in [6.07, 6.45) is 3.74. The first-order valence-electron chi connectivity index (χ1n) is 8.11. The van der Waals surface area contributed by atoms with E-state index in [-0.39, 0.29) is 5.76 Å². The maximum absolute atomic E-state index is 12.2. The molecule has 4 rings (SSSR count). The van der Waals surface area contributed by atoms with Crippen LogP contribution in [0.5, 0.6) is 0 Å². The number of nitrogens with one attached hydrogen (secondary N) is 1. The molecule has 1 aromatic carbocycles. The predicted octanol–water partition coefficient (Wildman–Crippen LogP) is 4.06. The molecule has 0 saturated carbocycles. The largest absolute Gasteiger partial charge is 0.433 e. The molecule has 8 nitrogen and oxygen atoms in total. The van der Waals surface area contributed by atoms with Crippen molar-refractivity contribution in [2.75, 3.05) is 5.32 Å². The molecule has 0 bridgehead atoms. The zero-order chi connectivity index (χ0) is 19.0. The minimum atomic E-state index is -0.689. The Balaban J connectivity index is 1.60. The molecule has 0 aliphatic heterocycles. The van der Waals surface area contributed by atoms with Crippen molar-refractivity contribution in [2.45, 2.75) is 6.92 Å². The fourth-order valence-electron chi connectivity index (χ4n) is 2.90. The molecule has 0 saturated heterocycles. The second-order valence-electron chi connectivity index (χ2n) is 5.95. The van der Waals surface area contributed by atoms with Crippen LogP contribution in [-0.2, 0) is 0 Å². The van der Waals surface area contributed by atoms with Crippen molar-refractivity contribution in [3.63, 3.8) is 0 Å². The van der Waals surface area contributed by atoms with Crippen LogP contribution in [0.4, 0.5) is 11.6 Å². The van der Waals surface area contributed by atoms with Crippen LogP contribution in [-0.4, -0.2) is 20.2 Å². The Morgan fingerprint density at radius 2 is 2.07 bits per heavy atom. The summed E-state index contributed by atoms with van der Waals surface area (Å²) in [5, 5.41) is 13.3. The fraction of sp³-hybridized carbons (Fsp3) is 0.0526. The van der Waals surface area contributed by atoms with Crippen molar-refractivity contribution in [3.05, 3.63) is 82.4 Å². The minimum absolute atomic E-state index is 0.120. The number of imidazole rings is 1. The zero-order valence-electron chi connectivity index (χ0n) is 14.2. The van der Waals surface area contributed by atoms with Gasteiger partial charge >= 0.3 is 5.88 Å². The number of aromatic nitrogens is 2. The number of fused-ring (bicyclic) bond motifs is 1. The molecule has 27 heavy (non-hydrogen) atoms. The van der Waals surface area contributed by atoms with Gasteiger partial charge in [-0.05, 0) is 42.8 Å². The maximum Gasteiger partial charge on any atom is 0.433 e. The summed E-state index contributed by atoms with van der Waals surface area (Å²) in [5.74, 6) is -1.14. The van der Waals surface area contributed by atoms with E-state index in [4.69, 9.17) is 4.42 Å². The number of rotatable bonds is 4. The van der Waals surface area contributed by atoms with Gasteiger partial charge in [-0.25, -0.2) is 4.98 Å². The fourth-order valence-corrected chi connectivity index (χ4v) is 2.90. The number of amides is 1. The molecule has 134 valence electrons. The van der Waals surface area contributed by atoms with E-state index in [1.807, 2.05) is 47.9 Å². The van der Waals surface area contributed by atoms with Crippen molar-refractivity contribution in [2.24, 2.45) is 0 Å². The highest BCUT2D eigenvalue weighted by atomic mass is 16.6. The van der Waals surface area contributed by atoms with Crippen LogP contribution in [0, 0.1) is 17.0 Å². The maximum atomic E-state index is 12.2. The average Bonchev–Trinajstić information content (AvgIpc) is 3.29. The Morgan fingerprint density at radius 3 is 2.81 bits per heavy atom. The molecule has 0 aliphatic carbocycles. The van der Waals surface area contributed by atoms with E-state index in [9.17, 15) is 14.9 Å². The van der Waals surface area contributed by atoms with Gasteiger partial charge in [0.05, 0.1) is 18.0 Å². The number of carbonyl (C=O) groups is 1. The Morgan fingerprint density at radius 1 is 1.22 bits per heavy atom. The Bertz CT molecular complexity index is 1180. The molecular weight excluding hydrogens is 348 g/mol. The van der Waals surface area contributed by atoms with Gasteiger partial charge in [0.15, 0.2) is 5.76 Å². The van der Waals surface area contributed by atoms with Gasteiger partial charge in [0.1, 0.15) is 10.6 Å². The monoisotopic (exact) mass is 362 g/mol. The molecule has 0 aliphatic rings. The summed E-state index contributed by atoms with van der Waals surface area (Å²) in [7, 11) is 0. The van der Waals surface area contributed by atoms with Crippen molar-refractivity contribution in [1.82, 2.24) is 9.38 Å². The third-order valence-electron chi connectivity index (χ3n) is 4.17. The number of carbonyl (C=O) groups excluding carboxylic acids is 1. The van der Waals surface area contributed by atoms with E-state index in [0.29, 0.717) is 5.69 Å². The van der Waals surface area contributed by atoms with Crippen molar-refractivity contribution in [1.29, 1.82) is 0 Å². The lowest BCUT2D eigenvalue weighted by atomic mass is 10.1. The van der Waals surface area contributed by atoms with Crippen LogP contribution < -0.4 is 5.32 Å². The summed E-state index contributed by atoms with van der Waals surface area (Å²) >= 11 is 0. The van der Waals surface area contributed by atoms with Crippen LogP contribution in [0.2, 0.25) is 0 Å². The third kappa shape index (κ3) is 3.04. The molecule has 3 aromatic heterocycles. The smallest absolute Gasteiger partial charge is 0.395 e. The zero-order valence-corrected chi connectivity index (χ0v) is 14.2. The first kappa shape index (κ1) is 16.5. The van der Waals surface area contributed by atoms with E-state index in [2.05, 4.69) is 10.3 Å². The van der Waals surface area contributed by atoms with Gasteiger partial charge in [0.2, 0.25) is 0 Å². The number of nitrogens with zero attached hydrogens (tertiary/aromatic N) is 3. The van der Waals surface area contributed by atoms with Crippen LogP contribution in [0.1, 0.15) is 16.1 Å². The predicted molar refractivity (Wildman–Crippen MR) is 98.7 cm³/mol. The molecule has 4 aromatic rings. The van der Waals surface area contributed by atoms with Gasteiger partial charge in [0.25, 0.3) is 5.91 Å². The molecular formula is C19H14N4O4. The molecule has 0 atom stereocenters. The average molecular weight is 362 g/mol. The van der Waals surface area contributed by atoms with Crippen LogP contribution in [0.25, 0.3) is 16.9 Å². The molecule has 0 fully saturated rings. The number of aryl methyl sites for hydroxylation is 1. The van der Waals surface area contributed by atoms with Gasteiger partial charge in [-0.1, -0.05) is 12.1 Å². The molecule has 3 heterocycles. The second kappa shape index (κ2) is 6.41. The first-order chi connectivity index (χ1) is 13.0. The number of nitro groups is 1. The second-order valence-corrected chi connectivity index (χ2v) is 5.95. The van der Waals surface area contributed by atoms with Gasteiger partial charge in [-0.3, -0.25) is 19.3 Å². The SMILES string of the molecule is Cc1cc(NC(=O)c2ccc([N+](=O)[O-])o2)ccc1-c1cnc2ccccn12. The Kier molecular flexibility index (Phi) is 3.92. The van der Waals surface area contributed by atoms with Crippen molar-refractivity contribution < 1.29 is 14.1 Å². The first-order valence-corrected chi connectivity index (χ1v) is 8.11. The van der Waals surface area contributed by atoms with E-state index in [1.165, 1.54) is 6.07 Å². The molecule has 1 amide bonds. The molecule has 1 N–H and O–H groups in total. The van der Waals surface area contributed by atoms with Gasteiger partial charge in [0, 0.05) is 17.4 Å². The number of anilines is 1. The van der Waals surface area contributed by atoms with Crippen molar-refractivity contribution >= 4 is 23.1 Å². The normalized spacial score (nSPS) is 10.9. The Labute approximate surface area is 153 Å². The third-order valence-corrected chi connectivity index (χ3v) is 4.17. The molecule has 8 heteroatoms. The lowest BCUT2D eigenvalue weighted by Crippen LogP contribution is -2.11. The summed E-state index contributed by atoms with van der Waals surface area (Å²) in [4.78, 5) is 26.6. The van der Waals surface area contributed by atoms with E-state index >= 15 is 0 Å². The highest BCUT2D eigenvalue weighted by Gasteiger charge is 2.18. The summed E-state index contributed by atoms with van der Waals surface area (Å²) in [6.45, 7) is 1.94. The molecule has 0 spiro atoms. The van der Waals surface area contributed by atoms with Crippen LogP contribution >= 0.6 is 0 Å². The van der Waals surface area contributed by atoms with Crippen LogP contribution in [0.3, 0.4) is 0 Å². The van der Waals surface area contributed by atoms with E-state index < -0.39 is 16.7 Å². The Hall–Kier alpha value is -3.94. The molecule has 0 radical (unpaired) electrons. The lowest BCUT2D eigenvalue weighted by molar-refractivity contribution is -0.402. The topological polar surface area (TPSA) is 103 Å². The highest BCUT2D eigenvalue weighted by Crippen LogP contribution is 2.27. The summed E-state index contributed by atoms with van der Waals surface area (Å²) < 4.78 is 6.91. The summed E-state index contributed by atoms with van der Waals surface area (Å²) in [6, 6.07) is 13.7. The lowest BCUT2D eigenvalue weighted by Gasteiger charge is -2.09. The summed E-state index contributed by atoms with van der Waals surface area (Å²) in [5.41, 5.74) is 4.30.